The molecule has 0 aliphatic rings. The number of nitrogens with zero attached hydrogens (tertiary/aromatic N) is 3. The molecule has 3 aromatic rings. The number of amides is 1. The number of anilines is 1. The zero-order valence-electron chi connectivity index (χ0n) is 10.9. The maximum atomic E-state index is 12.2. The van der Waals surface area contributed by atoms with Crippen LogP contribution in [0.1, 0.15) is 28.7 Å². The number of carbonyl (C=O) groups excluding carboxylic acids is 1. The summed E-state index contributed by atoms with van der Waals surface area (Å²) in [6.07, 6.45) is 3.44. The first-order valence-electron chi connectivity index (χ1n) is 6.33. The second kappa shape index (κ2) is 5.38. The van der Waals surface area contributed by atoms with Gasteiger partial charge in [-0.3, -0.25) is 9.89 Å². The largest absolute Gasteiger partial charge is 0.321 e. The molecule has 0 fully saturated rings. The Morgan fingerprint density at radius 2 is 2.35 bits per heavy atom. The molecule has 0 atom stereocenters. The first-order chi connectivity index (χ1) is 9.78. The summed E-state index contributed by atoms with van der Waals surface area (Å²) >= 11 is 1.13. The quantitative estimate of drug-likeness (QED) is 0.772. The molecule has 0 aliphatic carbocycles. The predicted molar refractivity (Wildman–Crippen MR) is 78.0 cm³/mol. The molecule has 0 spiro atoms. The molecule has 0 unspecified atom stereocenters. The van der Waals surface area contributed by atoms with Crippen molar-refractivity contribution in [1.82, 2.24) is 19.8 Å². The Labute approximate surface area is 119 Å². The van der Waals surface area contributed by atoms with Crippen molar-refractivity contribution in [3.8, 4) is 0 Å². The summed E-state index contributed by atoms with van der Waals surface area (Å²) in [4.78, 5) is 12.8. The van der Waals surface area contributed by atoms with Gasteiger partial charge in [0.25, 0.3) is 5.91 Å². The summed E-state index contributed by atoms with van der Waals surface area (Å²) in [7, 11) is 0. The van der Waals surface area contributed by atoms with Gasteiger partial charge in [0.05, 0.1) is 17.4 Å². The predicted octanol–water partition coefficient (Wildman–Crippen LogP) is 2.62. The highest BCUT2D eigenvalue weighted by atomic mass is 32.1. The molecule has 0 saturated carbocycles. The highest BCUT2D eigenvalue weighted by molar-refractivity contribution is 7.08. The van der Waals surface area contributed by atoms with Crippen LogP contribution in [0.3, 0.4) is 0 Å². The van der Waals surface area contributed by atoms with Crippen LogP contribution in [0.15, 0.2) is 24.4 Å². The van der Waals surface area contributed by atoms with E-state index in [0.29, 0.717) is 4.88 Å². The number of fused-ring (bicyclic) bond motifs is 1. The molecule has 3 rings (SSSR count). The third-order valence-corrected chi connectivity index (χ3v) is 3.72. The molecule has 102 valence electrons. The minimum Gasteiger partial charge on any atom is -0.321 e. The summed E-state index contributed by atoms with van der Waals surface area (Å²) < 4.78 is 3.86. The summed E-state index contributed by atoms with van der Waals surface area (Å²) in [5.41, 5.74) is 2.37. The van der Waals surface area contributed by atoms with Crippen molar-refractivity contribution in [2.45, 2.75) is 19.8 Å². The topological polar surface area (TPSA) is 83.6 Å². The van der Waals surface area contributed by atoms with E-state index >= 15 is 0 Å². The fourth-order valence-electron chi connectivity index (χ4n) is 1.98. The Morgan fingerprint density at radius 3 is 3.20 bits per heavy atom. The Morgan fingerprint density at radius 1 is 1.45 bits per heavy atom. The average Bonchev–Trinajstić information content (AvgIpc) is 3.07. The first kappa shape index (κ1) is 12.7. The van der Waals surface area contributed by atoms with Crippen molar-refractivity contribution in [3.05, 3.63) is 35.0 Å². The second-order valence-corrected chi connectivity index (χ2v) is 5.18. The number of aryl methyl sites for hydroxylation is 1. The molecule has 2 aromatic heterocycles. The van der Waals surface area contributed by atoms with Gasteiger partial charge in [0, 0.05) is 11.1 Å². The van der Waals surface area contributed by atoms with Crippen LogP contribution in [0.2, 0.25) is 0 Å². The highest BCUT2D eigenvalue weighted by Gasteiger charge is 2.15. The van der Waals surface area contributed by atoms with Crippen molar-refractivity contribution in [3.63, 3.8) is 0 Å². The van der Waals surface area contributed by atoms with Crippen LogP contribution in [0, 0.1) is 0 Å². The maximum absolute atomic E-state index is 12.2. The Hall–Kier alpha value is -2.28. The lowest BCUT2D eigenvalue weighted by Gasteiger charge is -2.04. The zero-order chi connectivity index (χ0) is 13.9. The second-order valence-electron chi connectivity index (χ2n) is 4.42. The Kier molecular flexibility index (Phi) is 3.42. The maximum Gasteiger partial charge on any atom is 0.269 e. The summed E-state index contributed by atoms with van der Waals surface area (Å²) in [6.45, 7) is 2.05. The SMILES string of the molecule is CCCc1nnsc1C(=O)Nc1ccc2cn[nH]c2c1. The number of carbonyl (C=O) groups is 1. The van der Waals surface area contributed by atoms with Crippen LogP contribution < -0.4 is 5.32 Å². The van der Waals surface area contributed by atoms with Gasteiger partial charge in [0.2, 0.25) is 0 Å². The van der Waals surface area contributed by atoms with E-state index in [0.717, 1.165) is 46.7 Å². The summed E-state index contributed by atoms with van der Waals surface area (Å²) in [5.74, 6) is -0.165. The van der Waals surface area contributed by atoms with Crippen molar-refractivity contribution in [2.24, 2.45) is 0 Å². The van der Waals surface area contributed by atoms with Crippen molar-refractivity contribution >= 4 is 34.0 Å². The minimum absolute atomic E-state index is 0.165. The number of aromatic amines is 1. The Balaban J connectivity index is 1.82. The molecule has 0 aliphatic heterocycles. The van der Waals surface area contributed by atoms with E-state index in [2.05, 4.69) is 25.1 Å². The Bertz CT molecular complexity index is 748. The molecule has 1 amide bonds. The van der Waals surface area contributed by atoms with E-state index in [-0.39, 0.29) is 5.91 Å². The van der Waals surface area contributed by atoms with E-state index in [1.165, 1.54) is 0 Å². The molecule has 20 heavy (non-hydrogen) atoms. The van der Waals surface area contributed by atoms with Crippen LogP contribution in [-0.2, 0) is 6.42 Å². The van der Waals surface area contributed by atoms with Crippen LogP contribution in [0.4, 0.5) is 5.69 Å². The lowest BCUT2D eigenvalue weighted by atomic mass is 10.2. The van der Waals surface area contributed by atoms with Gasteiger partial charge >= 0.3 is 0 Å². The fourth-order valence-corrected chi connectivity index (χ4v) is 2.59. The zero-order valence-corrected chi connectivity index (χ0v) is 11.7. The molecule has 7 heteroatoms. The number of rotatable bonds is 4. The van der Waals surface area contributed by atoms with Gasteiger partial charge in [-0.15, -0.1) is 5.10 Å². The van der Waals surface area contributed by atoms with E-state index in [4.69, 9.17) is 0 Å². The van der Waals surface area contributed by atoms with Crippen molar-refractivity contribution in [2.75, 3.05) is 5.32 Å². The monoisotopic (exact) mass is 287 g/mol. The van der Waals surface area contributed by atoms with E-state index < -0.39 is 0 Å². The standard InChI is InChI=1S/C13H13N5OS/c1-2-3-10-12(20-18-17-10)13(19)15-9-5-4-8-7-14-16-11(8)6-9/h4-7H,2-3H2,1H3,(H,14,16)(H,15,19). The number of hydrogen-bond acceptors (Lipinski definition) is 5. The van der Waals surface area contributed by atoms with Gasteiger partial charge in [0.1, 0.15) is 4.88 Å². The lowest BCUT2D eigenvalue weighted by Crippen LogP contribution is -2.12. The molecule has 0 radical (unpaired) electrons. The van der Waals surface area contributed by atoms with Crippen LogP contribution in [0.25, 0.3) is 10.9 Å². The van der Waals surface area contributed by atoms with Crippen LogP contribution in [-0.4, -0.2) is 25.7 Å². The minimum atomic E-state index is -0.165. The molecule has 0 saturated heterocycles. The molecule has 2 N–H and O–H groups in total. The average molecular weight is 287 g/mol. The van der Waals surface area contributed by atoms with E-state index in [1.807, 2.05) is 25.1 Å². The number of nitrogens with one attached hydrogen (secondary N) is 2. The third kappa shape index (κ3) is 2.39. The van der Waals surface area contributed by atoms with Crippen molar-refractivity contribution < 1.29 is 4.79 Å². The lowest BCUT2D eigenvalue weighted by molar-refractivity contribution is 0.102. The van der Waals surface area contributed by atoms with Crippen LogP contribution >= 0.6 is 11.5 Å². The molecule has 6 nitrogen and oxygen atoms in total. The summed E-state index contributed by atoms with van der Waals surface area (Å²) in [5, 5.41) is 14.7. The molecule has 0 bridgehead atoms. The number of aromatic nitrogens is 4. The van der Waals surface area contributed by atoms with Gasteiger partial charge in [-0.25, -0.2) is 0 Å². The van der Waals surface area contributed by atoms with E-state index in [9.17, 15) is 4.79 Å². The van der Waals surface area contributed by atoms with Gasteiger partial charge in [-0.1, -0.05) is 17.8 Å². The molecular weight excluding hydrogens is 274 g/mol. The summed E-state index contributed by atoms with van der Waals surface area (Å²) in [6, 6.07) is 5.62. The first-order valence-corrected chi connectivity index (χ1v) is 7.11. The third-order valence-electron chi connectivity index (χ3n) is 2.95. The van der Waals surface area contributed by atoms with Gasteiger partial charge in [-0.2, -0.15) is 5.10 Å². The molecule has 2 heterocycles. The van der Waals surface area contributed by atoms with Gasteiger partial charge in [-0.05, 0) is 36.2 Å². The van der Waals surface area contributed by atoms with Crippen molar-refractivity contribution in [1.29, 1.82) is 0 Å². The molecule has 1 aromatic carbocycles. The number of hydrogen-bond donors (Lipinski definition) is 2. The highest BCUT2D eigenvalue weighted by Crippen LogP contribution is 2.19. The van der Waals surface area contributed by atoms with E-state index in [1.54, 1.807) is 6.20 Å². The molecular formula is C13H13N5OS. The number of H-pyrrole nitrogens is 1. The number of benzene rings is 1. The van der Waals surface area contributed by atoms with Gasteiger partial charge in [0.15, 0.2) is 0 Å². The normalized spacial score (nSPS) is 10.8. The van der Waals surface area contributed by atoms with Gasteiger partial charge < -0.3 is 5.32 Å². The van der Waals surface area contributed by atoms with Crippen LogP contribution in [0.5, 0.6) is 0 Å². The smallest absolute Gasteiger partial charge is 0.269 e. The fraction of sp³-hybridized carbons (Fsp3) is 0.231.